The van der Waals surface area contributed by atoms with Crippen molar-refractivity contribution >= 4 is 5.82 Å². The predicted octanol–water partition coefficient (Wildman–Crippen LogP) is 4.24. The summed E-state index contributed by atoms with van der Waals surface area (Å²) in [6.45, 7) is 5.90. The van der Waals surface area contributed by atoms with Crippen molar-refractivity contribution in [2.45, 2.75) is 64.3 Å². The van der Waals surface area contributed by atoms with E-state index in [9.17, 15) is 0 Å². The Hall–Kier alpha value is -1.09. The molecule has 1 aliphatic carbocycles. The highest BCUT2D eigenvalue weighted by Crippen LogP contribution is 2.27. The highest BCUT2D eigenvalue weighted by molar-refractivity contribution is 5.36. The molecule has 1 saturated carbocycles. The molecule has 0 amide bonds. The van der Waals surface area contributed by atoms with Crippen LogP contribution in [0.3, 0.4) is 0 Å². The molecule has 2 fully saturated rings. The first-order valence-corrected chi connectivity index (χ1v) is 9.21. The Bertz CT molecular complexity index is 428. The van der Waals surface area contributed by atoms with Crippen molar-refractivity contribution in [3.8, 4) is 0 Å². The van der Waals surface area contributed by atoms with Gasteiger partial charge in [-0.25, -0.2) is 4.98 Å². The van der Waals surface area contributed by atoms with Crippen molar-refractivity contribution in [2.75, 3.05) is 25.0 Å². The summed E-state index contributed by atoms with van der Waals surface area (Å²) < 4.78 is 0. The maximum atomic E-state index is 4.46. The summed E-state index contributed by atoms with van der Waals surface area (Å²) in [5.74, 6) is 2.05. The van der Waals surface area contributed by atoms with Crippen molar-refractivity contribution in [2.24, 2.45) is 5.92 Å². The summed E-state index contributed by atoms with van der Waals surface area (Å²) in [6.07, 6.45) is 13.3. The monoisotopic (exact) mass is 301 g/mol. The number of likely N-dealkylation sites (tertiary alicyclic amines) is 1. The molecule has 0 radical (unpaired) electrons. The Kier molecular flexibility index (Phi) is 5.71. The van der Waals surface area contributed by atoms with E-state index >= 15 is 0 Å². The maximum absolute atomic E-state index is 4.46. The molecule has 0 aromatic carbocycles. The Morgan fingerprint density at radius 1 is 1.09 bits per heavy atom. The van der Waals surface area contributed by atoms with Crippen molar-refractivity contribution < 1.29 is 0 Å². The molecular weight excluding hydrogens is 270 g/mol. The minimum absolute atomic E-state index is 0.598. The van der Waals surface area contributed by atoms with Gasteiger partial charge in [-0.15, -0.1) is 0 Å². The normalized spacial score (nSPS) is 21.9. The van der Waals surface area contributed by atoms with Gasteiger partial charge in [-0.1, -0.05) is 38.2 Å². The van der Waals surface area contributed by atoms with Crippen LogP contribution in [0.5, 0.6) is 0 Å². The zero-order chi connectivity index (χ0) is 15.2. The summed E-state index contributed by atoms with van der Waals surface area (Å²) in [6, 6.07) is 4.83. The molecule has 3 rings (SSSR count). The van der Waals surface area contributed by atoms with Gasteiger partial charge in [-0.3, -0.25) is 0 Å². The second-order valence-corrected chi connectivity index (χ2v) is 7.27. The van der Waals surface area contributed by atoms with Crippen LogP contribution < -0.4 is 5.32 Å². The highest BCUT2D eigenvalue weighted by atomic mass is 15.1. The number of anilines is 1. The van der Waals surface area contributed by atoms with Crippen LogP contribution in [0.15, 0.2) is 18.3 Å². The van der Waals surface area contributed by atoms with Crippen LogP contribution in [0.25, 0.3) is 0 Å². The van der Waals surface area contributed by atoms with E-state index in [2.05, 4.69) is 34.3 Å². The topological polar surface area (TPSA) is 28.2 Å². The highest BCUT2D eigenvalue weighted by Gasteiger charge is 2.20. The number of pyridine rings is 1. The minimum Gasteiger partial charge on any atom is -0.367 e. The number of aromatic nitrogens is 1. The molecule has 3 nitrogen and oxygen atoms in total. The molecule has 3 heteroatoms. The van der Waals surface area contributed by atoms with Crippen molar-refractivity contribution in [3.63, 3.8) is 0 Å². The van der Waals surface area contributed by atoms with Gasteiger partial charge in [0.05, 0.1) is 0 Å². The fourth-order valence-electron chi connectivity index (χ4n) is 3.90. The van der Waals surface area contributed by atoms with Crippen LogP contribution in [0.2, 0.25) is 0 Å². The van der Waals surface area contributed by atoms with Crippen LogP contribution in [0, 0.1) is 12.8 Å². The fourth-order valence-corrected chi connectivity index (χ4v) is 3.90. The molecule has 0 atom stereocenters. The molecule has 122 valence electrons. The van der Waals surface area contributed by atoms with E-state index in [1.54, 1.807) is 0 Å². The Morgan fingerprint density at radius 2 is 1.86 bits per heavy atom. The first kappa shape index (κ1) is 15.8. The SMILES string of the molecule is Cc1ccc(NC2CCN(CCC3CCCCC3)CC2)nc1. The zero-order valence-electron chi connectivity index (χ0n) is 14.1. The van der Waals surface area contributed by atoms with Gasteiger partial charge in [0.1, 0.15) is 5.82 Å². The number of aryl methyl sites for hydroxylation is 1. The summed E-state index contributed by atoms with van der Waals surface area (Å²) >= 11 is 0. The van der Waals surface area contributed by atoms with Gasteiger partial charge < -0.3 is 10.2 Å². The molecule has 0 unspecified atom stereocenters. The van der Waals surface area contributed by atoms with Crippen molar-refractivity contribution in [1.29, 1.82) is 0 Å². The van der Waals surface area contributed by atoms with Gasteiger partial charge in [0.2, 0.25) is 0 Å². The molecule has 2 aliphatic rings. The summed E-state index contributed by atoms with van der Waals surface area (Å²) in [7, 11) is 0. The third-order valence-electron chi connectivity index (χ3n) is 5.43. The molecule has 0 bridgehead atoms. The van der Waals surface area contributed by atoms with Gasteiger partial charge in [0.15, 0.2) is 0 Å². The Morgan fingerprint density at radius 3 is 2.55 bits per heavy atom. The summed E-state index contributed by atoms with van der Waals surface area (Å²) in [5.41, 5.74) is 1.23. The molecule has 2 heterocycles. The number of nitrogens with zero attached hydrogens (tertiary/aromatic N) is 2. The van der Waals surface area contributed by atoms with E-state index in [4.69, 9.17) is 0 Å². The standard InChI is InChI=1S/C19H31N3/c1-16-7-8-19(20-15-16)21-18-10-13-22(14-11-18)12-9-17-5-3-2-4-6-17/h7-8,15,17-18H,2-6,9-14H2,1H3,(H,20,21). The van der Waals surface area contributed by atoms with E-state index in [0.717, 1.165) is 11.7 Å². The van der Waals surface area contributed by atoms with Gasteiger partial charge in [0.25, 0.3) is 0 Å². The predicted molar refractivity (Wildman–Crippen MR) is 93.3 cm³/mol. The van der Waals surface area contributed by atoms with E-state index in [1.165, 1.54) is 76.6 Å². The smallest absolute Gasteiger partial charge is 0.126 e. The lowest BCUT2D eigenvalue weighted by Gasteiger charge is -2.34. The second-order valence-electron chi connectivity index (χ2n) is 7.27. The molecule has 1 aromatic rings. The zero-order valence-corrected chi connectivity index (χ0v) is 14.1. The molecular formula is C19H31N3. The number of piperidine rings is 1. The van der Waals surface area contributed by atoms with Crippen LogP contribution >= 0.6 is 0 Å². The van der Waals surface area contributed by atoms with Gasteiger partial charge in [-0.05, 0) is 50.3 Å². The van der Waals surface area contributed by atoms with Crippen LogP contribution in [-0.2, 0) is 0 Å². The van der Waals surface area contributed by atoms with Gasteiger partial charge in [0, 0.05) is 25.3 Å². The number of rotatable bonds is 5. The van der Waals surface area contributed by atoms with Crippen LogP contribution in [-0.4, -0.2) is 35.6 Å². The van der Waals surface area contributed by atoms with Gasteiger partial charge in [-0.2, -0.15) is 0 Å². The Labute approximate surface area is 135 Å². The van der Waals surface area contributed by atoms with E-state index in [0.29, 0.717) is 6.04 Å². The molecule has 1 N–H and O–H groups in total. The average molecular weight is 301 g/mol. The van der Waals surface area contributed by atoms with Crippen LogP contribution in [0.4, 0.5) is 5.82 Å². The molecule has 1 aromatic heterocycles. The Balaban J connectivity index is 1.36. The molecule has 1 aliphatic heterocycles. The van der Waals surface area contributed by atoms with Crippen LogP contribution in [0.1, 0.15) is 56.9 Å². The first-order chi connectivity index (χ1) is 10.8. The lowest BCUT2D eigenvalue weighted by atomic mass is 9.87. The van der Waals surface area contributed by atoms with E-state index in [1.807, 2.05) is 6.20 Å². The lowest BCUT2D eigenvalue weighted by molar-refractivity contribution is 0.194. The number of hydrogen-bond acceptors (Lipinski definition) is 3. The second kappa shape index (κ2) is 7.96. The molecule has 1 saturated heterocycles. The first-order valence-electron chi connectivity index (χ1n) is 9.21. The van der Waals surface area contributed by atoms with Crippen molar-refractivity contribution in [3.05, 3.63) is 23.9 Å². The maximum Gasteiger partial charge on any atom is 0.126 e. The fraction of sp³-hybridized carbons (Fsp3) is 0.737. The lowest BCUT2D eigenvalue weighted by Crippen LogP contribution is -2.40. The van der Waals surface area contributed by atoms with E-state index in [-0.39, 0.29) is 0 Å². The molecule has 0 spiro atoms. The largest absolute Gasteiger partial charge is 0.367 e. The summed E-state index contributed by atoms with van der Waals surface area (Å²) in [4.78, 5) is 7.14. The number of hydrogen-bond donors (Lipinski definition) is 1. The van der Waals surface area contributed by atoms with Crippen molar-refractivity contribution in [1.82, 2.24) is 9.88 Å². The number of nitrogens with one attached hydrogen (secondary N) is 1. The third kappa shape index (κ3) is 4.70. The third-order valence-corrected chi connectivity index (χ3v) is 5.43. The quantitative estimate of drug-likeness (QED) is 0.882. The molecule has 22 heavy (non-hydrogen) atoms. The summed E-state index contributed by atoms with van der Waals surface area (Å²) in [5, 5.41) is 3.60. The van der Waals surface area contributed by atoms with E-state index < -0.39 is 0 Å². The average Bonchev–Trinajstić information content (AvgIpc) is 2.57. The minimum atomic E-state index is 0.598. The van der Waals surface area contributed by atoms with Gasteiger partial charge >= 0.3 is 0 Å².